The molecule has 0 amide bonds. The van der Waals surface area contributed by atoms with E-state index in [4.69, 9.17) is 9.72 Å². The molecule has 0 aliphatic carbocycles. The summed E-state index contributed by atoms with van der Waals surface area (Å²) in [5.41, 5.74) is 3.94. The summed E-state index contributed by atoms with van der Waals surface area (Å²) in [7, 11) is 1.73. The topological polar surface area (TPSA) is 101 Å². The van der Waals surface area contributed by atoms with Gasteiger partial charge in [0.1, 0.15) is 28.9 Å². The molecule has 2 atom stereocenters. The zero-order valence-corrected chi connectivity index (χ0v) is 22.3. The van der Waals surface area contributed by atoms with Crippen molar-refractivity contribution in [3.63, 3.8) is 0 Å². The highest BCUT2D eigenvalue weighted by Gasteiger charge is 2.22. The Balaban J connectivity index is 1.27. The number of methoxy groups -OCH3 is 1. The van der Waals surface area contributed by atoms with Gasteiger partial charge in [-0.2, -0.15) is 0 Å². The van der Waals surface area contributed by atoms with Gasteiger partial charge in [0.15, 0.2) is 5.82 Å². The Labute approximate surface area is 223 Å². The van der Waals surface area contributed by atoms with Crippen molar-refractivity contribution in [2.45, 2.75) is 45.8 Å². The number of nitrogens with zero attached hydrogens (tertiary/aromatic N) is 6. The maximum Gasteiger partial charge on any atom is 0.180 e. The molecule has 1 aromatic carbocycles. The summed E-state index contributed by atoms with van der Waals surface area (Å²) >= 11 is 0. The second-order valence-corrected chi connectivity index (χ2v) is 9.90. The molecule has 2 N–H and O–H groups in total. The van der Waals surface area contributed by atoms with Crippen LogP contribution in [0.4, 0.5) is 11.6 Å². The first-order valence-corrected chi connectivity index (χ1v) is 13.0. The highest BCUT2D eigenvalue weighted by atomic mass is 16.5. The second-order valence-electron chi connectivity index (χ2n) is 9.90. The monoisotopic (exact) mass is 510 g/mol. The SMILES string of the molecule is COc1cc(Cc2nccc(Nc3ccnc(-c4cccc(C)n4)n3)n2)ccc1CN1C[C@@H](C)N[C@@H](C)C1. The van der Waals surface area contributed by atoms with Crippen LogP contribution in [0.5, 0.6) is 5.75 Å². The van der Waals surface area contributed by atoms with Gasteiger partial charge in [-0.25, -0.2) is 24.9 Å². The highest BCUT2D eigenvalue weighted by Crippen LogP contribution is 2.24. The van der Waals surface area contributed by atoms with Crippen LogP contribution < -0.4 is 15.4 Å². The molecule has 1 fully saturated rings. The van der Waals surface area contributed by atoms with Gasteiger partial charge in [-0.3, -0.25) is 4.90 Å². The van der Waals surface area contributed by atoms with Crippen LogP contribution in [0.25, 0.3) is 11.5 Å². The lowest BCUT2D eigenvalue weighted by Crippen LogP contribution is -2.53. The van der Waals surface area contributed by atoms with E-state index in [0.29, 0.717) is 41.8 Å². The molecule has 0 spiro atoms. The number of ether oxygens (including phenoxy) is 1. The molecule has 0 unspecified atom stereocenters. The number of anilines is 2. The standard InChI is InChI=1S/C29H34N8O/c1-19-6-5-7-24(33-19)29-31-13-11-27(36-29)34-26-10-12-30-28(35-26)15-22-8-9-23(25(14-22)38-4)18-37-16-20(2)32-21(3)17-37/h5-14,20-21,32H,15-18H2,1-4H3,(H,30,31,34,35,36)/t20-,21+. The van der Waals surface area contributed by atoms with Crippen LogP contribution in [0.3, 0.4) is 0 Å². The van der Waals surface area contributed by atoms with E-state index < -0.39 is 0 Å². The first kappa shape index (κ1) is 25.7. The largest absolute Gasteiger partial charge is 0.496 e. The fraction of sp³-hybridized carbons (Fsp3) is 0.345. The lowest BCUT2D eigenvalue weighted by Gasteiger charge is -2.36. The van der Waals surface area contributed by atoms with Crippen molar-refractivity contribution in [1.29, 1.82) is 0 Å². The molecule has 1 saturated heterocycles. The van der Waals surface area contributed by atoms with E-state index in [1.165, 1.54) is 5.56 Å². The molecular formula is C29H34N8O. The molecule has 0 radical (unpaired) electrons. The third-order valence-electron chi connectivity index (χ3n) is 6.48. The number of aromatic nitrogens is 5. The van der Waals surface area contributed by atoms with Crippen molar-refractivity contribution in [3.8, 4) is 17.3 Å². The van der Waals surface area contributed by atoms with Crippen molar-refractivity contribution in [2.24, 2.45) is 0 Å². The Morgan fingerprint density at radius 1 is 0.947 bits per heavy atom. The summed E-state index contributed by atoms with van der Waals surface area (Å²) in [5, 5.41) is 6.86. The van der Waals surface area contributed by atoms with Gasteiger partial charge in [0.25, 0.3) is 0 Å². The Hall–Kier alpha value is -3.95. The third kappa shape index (κ3) is 6.48. The average molecular weight is 511 g/mol. The first-order chi connectivity index (χ1) is 18.4. The van der Waals surface area contributed by atoms with Crippen LogP contribution in [0, 0.1) is 6.92 Å². The summed E-state index contributed by atoms with van der Waals surface area (Å²) in [6.07, 6.45) is 4.07. The van der Waals surface area contributed by atoms with Crippen LogP contribution in [-0.4, -0.2) is 62.1 Å². The van der Waals surface area contributed by atoms with Crippen LogP contribution in [-0.2, 0) is 13.0 Å². The normalized spacial score (nSPS) is 17.8. The summed E-state index contributed by atoms with van der Waals surface area (Å²) in [6.45, 7) is 9.34. The van der Waals surface area contributed by atoms with Gasteiger partial charge >= 0.3 is 0 Å². The molecule has 1 aliphatic heterocycles. The van der Waals surface area contributed by atoms with E-state index >= 15 is 0 Å². The fourth-order valence-corrected chi connectivity index (χ4v) is 4.93. The molecule has 4 heterocycles. The summed E-state index contributed by atoms with van der Waals surface area (Å²) in [4.78, 5) is 25.2. The van der Waals surface area contributed by atoms with E-state index in [1.807, 2.05) is 37.3 Å². The Morgan fingerprint density at radius 2 is 1.71 bits per heavy atom. The third-order valence-corrected chi connectivity index (χ3v) is 6.48. The fourth-order valence-electron chi connectivity index (χ4n) is 4.93. The number of hydrogen-bond donors (Lipinski definition) is 2. The molecule has 0 bridgehead atoms. The van der Waals surface area contributed by atoms with Crippen molar-refractivity contribution in [1.82, 2.24) is 35.1 Å². The highest BCUT2D eigenvalue weighted by molar-refractivity contribution is 5.56. The number of benzene rings is 1. The molecule has 3 aromatic heterocycles. The number of pyridine rings is 1. The lowest BCUT2D eigenvalue weighted by molar-refractivity contribution is 0.165. The van der Waals surface area contributed by atoms with E-state index in [1.54, 1.807) is 19.5 Å². The van der Waals surface area contributed by atoms with E-state index in [-0.39, 0.29) is 0 Å². The van der Waals surface area contributed by atoms with Crippen LogP contribution in [0.2, 0.25) is 0 Å². The van der Waals surface area contributed by atoms with Gasteiger partial charge in [0.05, 0.1) is 7.11 Å². The van der Waals surface area contributed by atoms with E-state index in [9.17, 15) is 0 Å². The van der Waals surface area contributed by atoms with Gasteiger partial charge in [-0.05, 0) is 56.7 Å². The Bertz CT molecular complexity index is 1380. The molecule has 196 valence electrons. The zero-order chi connectivity index (χ0) is 26.5. The molecule has 0 saturated carbocycles. The number of aryl methyl sites for hydroxylation is 1. The molecule has 38 heavy (non-hydrogen) atoms. The molecule has 9 nitrogen and oxygen atoms in total. The summed E-state index contributed by atoms with van der Waals surface area (Å²) in [6, 6.07) is 16.8. The van der Waals surface area contributed by atoms with Crippen LogP contribution >= 0.6 is 0 Å². The maximum atomic E-state index is 5.76. The van der Waals surface area contributed by atoms with Gasteiger partial charge in [-0.15, -0.1) is 0 Å². The molecular weight excluding hydrogens is 476 g/mol. The predicted octanol–water partition coefficient (Wildman–Crippen LogP) is 4.16. The molecule has 9 heteroatoms. The van der Waals surface area contributed by atoms with Gasteiger partial charge in [0, 0.05) is 61.8 Å². The second kappa shape index (κ2) is 11.6. The lowest BCUT2D eigenvalue weighted by atomic mass is 10.1. The predicted molar refractivity (Wildman–Crippen MR) is 148 cm³/mol. The van der Waals surface area contributed by atoms with Gasteiger partial charge in [-0.1, -0.05) is 18.2 Å². The molecule has 5 rings (SSSR count). The number of piperazine rings is 1. The van der Waals surface area contributed by atoms with Crippen molar-refractivity contribution >= 4 is 11.6 Å². The van der Waals surface area contributed by atoms with E-state index in [0.717, 1.165) is 42.3 Å². The zero-order valence-electron chi connectivity index (χ0n) is 22.3. The Morgan fingerprint density at radius 3 is 2.47 bits per heavy atom. The van der Waals surface area contributed by atoms with Crippen LogP contribution in [0.15, 0.2) is 60.9 Å². The number of nitrogens with one attached hydrogen (secondary N) is 2. The minimum absolute atomic E-state index is 0.482. The Kier molecular flexibility index (Phi) is 7.86. The quantitative estimate of drug-likeness (QED) is 0.362. The first-order valence-electron chi connectivity index (χ1n) is 13.0. The average Bonchev–Trinajstić information content (AvgIpc) is 2.89. The van der Waals surface area contributed by atoms with E-state index in [2.05, 4.69) is 67.5 Å². The molecule has 4 aromatic rings. The number of hydrogen-bond acceptors (Lipinski definition) is 9. The van der Waals surface area contributed by atoms with Crippen LogP contribution in [0.1, 0.15) is 36.5 Å². The summed E-state index contributed by atoms with van der Waals surface area (Å²) in [5.74, 6) is 3.48. The minimum atomic E-state index is 0.482. The van der Waals surface area contributed by atoms with Gasteiger partial charge < -0.3 is 15.4 Å². The molecule has 1 aliphatic rings. The van der Waals surface area contributed by atoms with Gasteiger partial charge in [0.2, 0.25) is 0 Å². The van der Waals surface area contributed by atoms with Crippen molar-refractivity contribution in [3.05, 3.63) is 83.6 Å². The van der Waals surface area contributed by atoms with Crippen molar-refractivity contribution in [2.75, 3.05) is 25.5 Å². The number of rotatable bonds is 8. The minimum Gasteiger partial charge on any atom is -0.496 e. The summed E-state index contributed by atoms with van der Waals surface area (Å²) < 4.78 is 5.76. The van der Waals surface area contributed by atoms with Crippen molar-refractivity contribution < 1.29 is 4.74 Å². The smallest absolute Gasteiger partial charge is 0.180 e. The maximum absolute atomic E-state index is 5.76.